The van der Waals surface area contributed by atoms with Crippen LogP contribution in [0.1, 0.15) is 6.42 Å². The Balaban J connectivity index is 2.08. The van der Waals surface area contributed by atoms with Crippen LogP contribution in [-0.2, 0) is 14.9 Å². The first-order valence-electron chi connectivity index (χ1n) is 5.82. The Morgan fingerprint density at radius 3 is 2.56 bits per heavy atom. The first-order valence-corrected chi connectivity index (χ1v) is 7.26. The molecule has 18 heavy (non-hydrogen) atoms. The average Bonchev–Trinajstić information content (AvgIpc) is 2.92. The SMILES string of the molecule is O=S(=O)(c1ccc2ccccc2c1)N1CCCO1. The standard InChI is InChI=1S/C13H13NO3S/c15-18(16,14-8-3-9-17-14)13-7-6-11-4-1-2-5-12(11)10-13/h1-2,4-7,10H,3,8-9H2. The number of hydrogen-bond acceptors (Lipinski definition) is 3. The molecule has 1 saturated heterocycles. The van der Waals surface area contributed by atoms with E-state index >= 15 is 0 Å². The van der Waals surface area contributed by atoms with Crippen LogP contribution in [0.3, 0.4) is 0 Å². The minimum Gasteiger partial charge on any atom is -0.284 e. The summed E-state index contributed by atoms with van der Waals surface area (Å²) in [7, 11) is -3.52. The quantitative estimate of drug-likeness (QED) is 0.834. The van der Waals surface area contributed by atoms with Gasteiger partial charge in [0.2, 0.25) is 0 Å². The number of fused-ring (bicyclic) bond motifs is 1. The molecule has 1 aliphatic heterocycles. The third-order valence-electron chi connectivity index (χ3n) is 3.01. The van der Waals surface area contributed by atoms with E-state index in [0.717, 1.165) is 21.7 Å². The van der Waals surface area contributed by atoms with Crippen LogP contribution in [0.25, 0.3) is 10.8 Å². The second-order valence-electron chi connectivity index (χ2n) is 4.23. The van der Waals surface area contributed by atoms with Crippen LogP contribution in [0, 0.1) is 0 Å². The number of nitrogens with zero attached hydrogens (tertiary/aromatic N) is 1. The lowest BCUT2D eigenvalue weighted by atomic mass is 10.1. The van der Waals surface area contributed by atoms with Crippen molar-refractivity contribution >= 4 is 20.8 Å². The van der Waals surface area contributed by atoms with Gasteiger partial charge in [0.15, 0.2) is 0 Å². The van der Waals surface area contributed by atoms with E-state index in [9.17, 15) is 8.42 Å². The summed E-state index contributed by atoms with van der Waals surface area (Å²) in [5.41, 5.74) is 0. The summed E-state index contributed by atoms with van der Waals surface area (Å²) in [6, 6.07) is 12.8. The molecule has 1 heterocycles. The van der Waals surface area contributed by atoms with Gasteiger partial charge in [-0.25, -0.2) is 8.42 Å². The van der Waals surface area contributed by atoms with Gasteiger partial charge in [-0.1, -0.05) is 34.8 Å². The predicted octanol–water partition coefficient (Wildman–Crippen LogP) is 2.17. The van der Waals surface area contributed by atoms with Crippen molar-refractivity contribution in [2.75, 3.05) is 13.2 Å². The summed E-state index contributed by atoms with van der Waals surface area (Å²) in [5, 5.41) is 1.94. The molecule has 0 amide bonds. The zero-order chi connectivity index (χ0) is 12.6. The zero-order valence-corrected chi connectivity index (χ0v) is 10.6. The predicted molar refractivity (Wildman–Crippen MR) is 68.4 cm³/mol. The number of hydrogen-bond donors (Lipinski definition) is 0. The summed E-state index contributed by atoms with van der Waals surface area (Å²) in [4.78, 5) is 5.41. The van der Waals surface area contributed by atoms with Crippen molar-refractivity contribution in [3.05, 3.63) is 42.5 Å². The smallest absolute Gasteiger partial charge is 0.265 e. The molecule has 0 bridgehead atoms. The Morgan fingerprint density at radius 1 is 1.06 bits per heavy atom. The van der Waals surface area contributed by atoms with Crippen molar-refractivity contribution < 1.29 is 13.3 Å². The molecule has 2 aromatic carbocycles. The monoisotopic (exact) mass is 263 g/mol. The fraction of sp³-hybridized carbons (Fsp3) is 0.231. The van der Waals surface area contributed by atoms with Crippen molar-refractivity contribution in [3.8, 4) is 0 Å². The molecular formula is C13H13NO3S. The van der Waals surface area contributed by atoms with Crippen molar-refractivity contribution in [2.45, 2.75) is 11.3 Å². The van der Waals surface area contributed by atoms with Gasteiger partial charge in [0.1, 0.15) is 0 Å². The summed E-state index contributed by atoms with van der Waals surface area (Å²) >= 11 is 0. The van der Waals surface area contributed by atoms with Crippen LogP contribution in [0.4, 0.5) is 0 Å². The molecule has 0 atom stereocenters. The van der Waals surface area contributed by atoms with E-state index in [1.165, 1.54) is 0 Å². The first kappa shape index (κ1) is 11.6. The largest absolute Gasteiger partial charge is 0.284 e. The van der Waals surface area contributed by atoms with Crippen LogP contribution < -0.4 is 0 Å². The summed E-state index contributed by atoms with van der Waals surface area (Å²) in [5.74, 6) is 0. The van der Waals surface area contributed by atoms with Gasteiger partial charge in [0.25, 0.3) is 10.0 Å². The highest BCUT2D eigenvalue weighted by Crippen LogP contribution is 2.23. The molecule has 94 valence electrons. The lowest BCUT2D eigenvalue weighted by Crippen LogP contribution is -2.26. The first-order chi connectivity index (χ1) is 8.68. The van der Waals surface area contributed by atoms with Gasteiger partial charge in [0.05, 0.1) is 11.5 Å². The van der Waals surface area contributed by atoms with Gasteiger partial charge < -0.3 is 0 Å². The van der Waals surface area contributed by atoms with Gasteiger partial charge in [0, 0.05) is 6.54 Å². The molecule has 0 unspecified atom stereocenters. The van der Waals surface area contributed by atoms with E-state index in [-0.39, 0.29) is 4.90 Å². The normalized spacial score (nSPS) is 17.3. The molecule has 1 fully saturated rings. The van der Waals surface area contributed by atoms with Crippen LogP contribution in [0.15, 0.2) is 47.4 Å². The van der Waals surface area contributed by atoms with Gasteiger partial charge in [-0.2, -0.15) is 0 Å². The Bertz CT molecular complexity index is 675. The molecule has 0 N–H and O–H groups in total. The average molecular weight is 263 g/mol. The number of benzene rings is 2. The topological polar surface area (TPSA) is 46.6 Å². The molecule has 5 heteroatoms. The van der Waals surface area contributed by atoms with E-state index in [1.807, 2.05) is 30.3 Å². The summed E-state index contributed by atoms with van der Waals surface area (Å²) in [6.45, 7) is 0.891. The molecule has 0 spiro atoms. The maximum absolute atomic E-state index is 12.3. The molecule has 0 saturated carbocycles. The summed E-state index contributed by atoms with van der Waals surface area (Å²) < 4.78 is 25.6. The van der Waals surface area contributed by atoms with Gasteiger partial charge >= 0.3 is 0 Å². The molecular weight excluding hydrogens is 250 g/mol. The molecule has 0 aromatic heterocycles. The van der Waals surface area contributed by atoms with Crippen molar-refractivity contribution in [3.63, 3.8) is 0 Å². The van der Waals surface area contributed by atoms with E-state index in [1.54, 1.807) is 12.1 Å². The lowest BCUT2D eigenvalue weighted by molar-refractivity contribution is -0.0284. The fourth-order valence-electron chi connectivity index (χ4n) is 2.06. The van der Waals surface area contributed by atoms with Gasteiger partial charge in [-0.15, -0.1) is 0 Å². The van der Waals surface area contributed by atoms with E-state index in [4.69, 9.17) is 4.84 Å². The third kappa shape index (κ3) is 1.90. The van der Waals surface area contributed by atoms with Crippen molar-refractivity contribution in [1.29, 1.82) is 0 Å². The number of sulfonamides is 1. The van der Waals surface area contributed by atoms with E-state index < -0.39 is 10.0 Å². The maximum Gasteiger partial charge on any atom is 0.265 e. The Labute approximate surface area is 106 Å². The highest BCUT2D eigenvalue weighted by Gasteiger charge is 2.28. The molecule has 3 rings (SSSR count). The highest BCUT2D eigenvalue weighted by atomic mass is 32.2. The fourth-order valence-corrected chi connectivity index (χ4v) is 3.39. The van der Waals surface area contributed by atoms with Crippen LogP contribution in [0.2, 0.25) is 0 Å². The van der Waals surface area contributed by atoms with E-state index in [2.05, 4.69) is 0 Å². The molecule has 4 nitrogen and oxygen atoms in total. The highest BCUT2D eigenvalue weighted by molar-refractivity contribution is 7.89. The number of rotatable bonds is 2. The molecule has 2 aromatic rings. The van der Waals surface area contributed by atoms with Crippen LogP contribution >= 0.6 is 0 Å². The van der Waals surface area contributed by atoms with Crippen molar-refractivity contribution in [1.82, 2.24) is 4.47 Å². The second kappa shape index (κ2) is 4.35. The zero-order valence-electron chi connectivity index (χ0n) is 9.74. The molecule has 0 aliphatic carbocycles. The molecule has 1 aliphatic rings. The molecule has 0 radical (unpaired) electrons. The Kier molecular flexibility index (Phi) is 2.81. The minimum absolute atomic E-state index is 0.281. The number of hydroxylamine groups is 1. The second-order valence-corrected chi connectivity index (χ2v) is 6.06. The third-order valence-corrected chi connectivity index (χ3v) is 4.68. The van der Waals surface area contributed by atoms with Gasteiger partial charge in [-0.05, 0) is 29.3 Å². The van der Waals surface area contributed by atoms with Crippen molar-refractivity contribution in [2.24, 2.45) is 0 Å². The Morgan fingerprint density at radius 2 is 1.83 bits per heavy atom. The summed E-state index contributed by atoms with van der Waals surface area (Å²) in [6.07, 6.45) is 0.743. The minimum atomic E-state index is -3.52. The maximum atomic E-state index is 12.3. The lowest BCUT2D eigenvalue weighted by Gasteiger charge is -2.14. The van der Waals surface area contributed by atoms with Gasteiger partial charge in [-0.3, -0.25) is 4.84 Å². The van der Waals surface area contributed by atoms with Crippen LogP contribution in [0.5, 0.6) is 0 Å². The Hall–Kier alpha value is -1.43. The van der Waals surface area contributed by atoms with Crippen LogP contribution in [-0.4, -0.2) is 26.0 Å². The van der Waals surface area contributed by atoms with E-state index in [0.29, 0.717) is 13.2 Å².